The van der Waals surface area contributed by atoms with E-state index in [-0.39, 0.29) is 0 Å². The van der Waals surface area contributed by atoms with Crippen LogP contribution in [0.2, 0.25) is 0 Å². The number of rotatable bonds is 6. The maximum Gasteiger partial charge on any atom is 0.171 e. The quantitative estimate of drug-likeness (QED) is 0.427. The minimum atomic E-state index is -0.442. The maximum absolute atomic E-state index is 10.2. The molecule has 4 nitrogen and oxygen atoms in total. The number of benzene rings is 2. The molecule has 0 saturated heterocycles. The zero-order valence-electron chi connectivity index (χ0n) is 20.6. The van der Waals surface area contributed by atoms with Crippen molar-refractivity contribution in [1.82, 2.24) is 4.98 Å². The van der Waals surface area contributed by atoms with E-state index in [0.717, 1.165) is 50.9 Å². The molecule has 4 rings (SSSR count). The first kappa shape index (κ1) is 22.7. The molecule has 0 amide bonds. The summed E-state index contributed by atoms with van der Waals surface area (Å²) in [6.45, 7) is 10.9. The Morgan fingerprint density at radius 1 is 1.12 bits per heavy atom. The molecular weight excluding hydrogens is 398 g/mol. The van der Waals surface area contributed by atoms with Crippen LogP contribution < -0.4 is 9.47 Å². The summed E-state index contributed by atoms with van der Waals surface area (Å²) in [5.41, 5.74) is 9.07. The van der Waals surface area contributed by atoms with Crippen LogP contribution in [0.15, 0.2) is 29.3 Å². The highest BCUT2D eigenvalue weighted by Gasteiger charge is 2.26. The molecular formula is C28H37NO3. The molecule has 2 aromatic carbocycles. The summed E-state index contributed by atoms with van der Waals surface area (Å²) < 4.78 is 11.6. The minimum absolute atomic E-state index is 0.413. The Kier molecular flexibility index (Phi) is 6.02. The van der Waals surface area contributed by atoms with E-state index >= 15 is 0 Å². The molecule has 0 aliphatic heterocycles. The molecule has 4 heteroatoms. The molecule has 0 saturated carbocycles. The fourth-order valence-corrected chi connectivity index (χ4v) is 5.53. The normalized spacial score (nSPS) is 17.2. The standard InChI is InChI=1S/C28H37NO3/c1-16-15-28(4,5)11-10-20(16)13-19-8-9-23-22(14-19)24-25(29-23)21(12-17(2)30)18(3)26(31-6)27(24)32-7/h8-9,14,17,29-30H,10-13,15H2,1-7H3. The van der Waals surface area contributed by atoms with Gasteiger partial charge in [0.25, 0.3) is 0 Å². The van der Waals surface area contributed by atoms with Gasteiger partial charge in [0.15, 0.2) is 11.5 Å². The van der Waals surface area contributed by atoms with Crippen LogP contribution in [0.25, 0.3) is 21.8 Å². The minimum Gasteiger partial charge on any atom is -0.493 e. The molecule has 0 fully saturated rings. The van der Waals surface area contributed by atoms with Gasteiger partial charge in [-0.2, -0.15) is 0 Å². The van der Waals surface area contributed by atoms with Crippen LogP contribution in [-0.2, 0) is 12.8 Å². The third kappa shape index (κ3) is 4.01. The van der Waals surface area contributed by atoms with Crippen molar-refractivity contribution < 1.29 is 14.6 Å². The molecule has 0 radical (unpaired) electrons. The molecule has 3 aromatic rings. The smallest absolute Gasteiger partial charge is 0.171 e. The average molecular weight is 436 g/mol. The van der Waals surface area contributed by atoms with Gasteiger partial charge in [0.1, 0.15) is 0 Å². The van der Waals surface area contributed by atoms with Gasteiger partial charge in [0, 0.05) is 22.9 Å². The zero-order chi connectivity index (χ0) is 23.2. The molecule has 1 aliphatic carbocycles. The highest BCUT2D eigenvalue weighted by atomic mass is 16.5. The largest absolute Gasteiger partial charge is 0.493 e. The van der Waals surface area contributed by atoms with Crippen LogP contribution in [0.1, 0.15) is 63.6 Å². The molecule has 2 N–H and O–H groups in total. The highest BCUT2D eigenvalue weighted by Crippen LogP contribution is 2.45. The molecule has 32 heavy (non-hydrogen) atoms. The lowest BCUT2D eigenvalue weighted by Gasteiger charge is -2.32. The van der Waals surface area contributed by atoms with Gasteiger partial charge in [-0.15, -0.1) is 0 Å². The lowest BCUT2D eigenvalue weighted by atomic mass is 9.73. The third-order valence-electron chi connectivity index (χ3n) is 7.17. The van der Waals surface area contributed by atoms with Crippen molar-refractivity contribution >= 4 is 21.8 Å². The number of H-pyrrole nitrogens is 1. The Morgan fingerprint density at radius 3 is 2.47 bits per heavy atom. The van der Waals surface area contributed by atoms with Gasteiger partial charge in [-0.05, 0) is 75.1 Å². The van der Waals surface area contributed by atoms with Crippen LogP contribution in [0, 0.1) is 12.3 Å². The first-order chi connectivity index (χ1) is 15.1. The van der Waals surface area contributed by atoms with Crippen LogP contribution >= 0.6 is 0 Å². The second-order valence-electron chi connectivity index (χ2n) is 10.4. The van der Waals surface area contributed by atoms with Crippen molar-refractivity contribution in [2.24, 2.45) is 5.41 Å². The van der Waals surface area contributed by atoms with Gasteiger partial charge in [0.05, 0.1) is 31.2 Å². The first-order valence-corrected chi connectivity index (χ1v) is 11.7. The molecule has 0 bridgehead atoms. The average Bonchev–Trinajstić information content (AvgIpc) is 3.09. The van der Waals surface area contributed by atoms with Crippen molar-refractivity contribution in [2.75, 3.05) is 14.2 Å². The topological polar surface area (TPSA) is 54.5 Å². The summed E-state index contributed by atoms with van der Waals surface area (Å²) in [6, 6.07) is 6.72. The van der Waals surface area contributed by atoms with Gasteiger partial charge in [-0.1, -0.05) is 31.1 Å². The van der Waals surface area contributed by atoms with E-state index in [2.05, 4.69) is 44.0 Å². The number of nitrogens with one attached hydrogen (secondary N) is 1. The Balaban J connectivity index is 1.88. The Morgan fingerprint density at radius 2 is 1.84 bits per heavy atom. The van der Waals surface area contributed by atoms with Crippen molar-refractivity contribution in [3.8, 4) is 11.5 Å². The van der Waals surface area contributed by atoms with Gasteiger partial charge in [0.2, 0.25) is 0 Å². The number of fused-ring (bicyclic) bond motifs is 3. The first-order valence-electron chi connectivity index (χ1n) is 11.7. The van der Waals surface area contributed by atoms with Gasteiger partial charge in [-0.3, -0.25) is 0 Å². The molecule has 1 aromatic heterocycles. The van der Waals surface area contributed by atoms with Crippen molar-refractivity contribution in [3.05, 3.63) is 46.0 Å². The van der Waals surface area contributed by atoms with Crippen molar-refractivity contribution in [3.63, 3.8) is 0 Å². The maximum atomic E-state index is 10.2. The summed E-state index contributed by atoms with van der Waals surface area (Å²) in [5.74, 6) is 1.50. The summed E-state index contributed by atoms with van der Waals surface area (Å²) in [4.78, 5) is 3.61. The summed E-state index contributed by atoms with van der Waals surface area (Å²) in [7, 11) is 3.38. The molecule has 1 aliphatic rings. The summed E-state index contributed by atoms with van der Waals surface area (Å²) in [6.07, 6.45) is 4.73. The van der Waals surface area contributed by atoms with E-state index in [9.17, 15) is 5.11 Å². The van der Waals surface area contributed by atoms with E-state index in [0.29, 0.717) is 11.8 Å². The van der Waals surface area contributed by atoms with Crippen LogP contribution in [0.3, 0.4) is 0 Å². The monoisotopic (exact) mass is 435 g/mol. The molecule has 172 valence electrons. The fraction of sp³-hybridized carbons (Fsp3) is 0.500. The van der Waals surface area contributed by atoms with E-state index in [4.69, 9.17) is 9.47 Å². The van der Waals surface area contributed by atoms with Crippen LogP contribution in [0.4, 0.5) is 0 Å². The number of ether oxygens (including phenoxy) is 2. The van der Waals surface area contributed by atoms with Crippen LogP contribution in [0.5, 0.6) is 11.5 Å². The Bertz CT molecular complexity index is 1200. The molecule has 1 atom stereocenters. The van der Waals surface area contributed by atoms with E-state index in [1.54, 1.807) is 25.4 Å². The van der Waals surface area contributed by atoms with Gasteiger partial charge >= 0.3 is 0 Å². The number of hydrogen-bond donors (Lipinski definition) is 2. The zero-order valence-corrected chi connectivity index (χ0v) is 20.6. The third-order valence-corrected chi connectivity index (χ3v) is 7.17. The Labute approximate surface area is 191 Å². The lowest BCUT2D eigenvalue weighted by Crippen LogP contribution is -2.18. The lowest BCUT2D eigenvalue weighted by molar-refractivity contribution is 0.195. The number of aliphatic hydroxyl groups excluding tert-OH is 1. The predicted octanol–water partition coefficient (Wildman–Crippen LogP) is 6.64. The van der Waals surface area contributed by atoms with E-state index in [1.807, 2.05) is 13.8 Å². The van der Waals surface area contributed by atoms with E-state index < -0.39 is 6.10 Å². The van der Waals surface area contributed by atoms with E-state index in [1.165, 1.54) is 24.8 Å². The fourth-order valence-electron chi connectivity index (χ4n) is 5.53. The van der Waals surface area contributed by atoms with Gasteiger partial charge in [-0.25, -0.2) is 0 Å². The van der Waals surface area contributed by atoms with Crippen LogP contribution in [-0.4, -0.2) is 30.4 Å². The molecule has 1 unspecified atom stereocenters. The number of methoxy groups -OCH3 is 2. The number of aliphatic hydroxyl groups is 1. The Hall–Kier alpha value is -2.46. The number of hydrogen-bond acceptors (Lipinski definition) is 3. The number of aromatic amines is 1. The second kappa shape index (κ2) is 8.47. The van der Waals surface area contributed by atoms with Crippen molar-refractivity contribution in [1.29, 1.82) is 0 Å². The summed E-state index contributed by atoms with van der Waals surface area (Å²) >= 11 is 0. The second-order valence-corrected chi connectivity index (χ2v) is 10.4. The summed E-state index contributed by atoms with van der Waals surface area (Å²) in [5, 5.41) is 12.3. The molecule has 0 spiro atoms. The number of aromatic nitrogens is 1. The SMILES string of the molecule is COc1c(C)c(CC(C)O)c2[nH]c3ccc(CC4=C(C)CC(C)(C)CC4)cc3c2c1OC. The number of allylic oxidation sites excluding steroid dienone is 2. The molecule has 1 heterocycles. The van der Waals surface area contributed by atoms with Crippen molar-refractivity contribution in [2.45, 2.75) is 72.8 Å². The highest BCUT2D eigenvalue weighted by molar-refractivity contribution is 6.13. The predicted molar refractivity (Wildman–Crippen MR) is 133 cm³/mol. The van der Waals surface area contributed by atoms with Gasteiger partial charge < -0.3 is 19.6 Å².